The van der Waals surface area contributed by atoms with E-state index in [1.165, 1.54) is 28.6 Å². The van der Waals surface area contributed by atoms with Gasteiger partial charge in [-0.1, -0.05) is 31.0 Å². The fourth-order valence-corrected chi connectivity index (χ4v) is 5.03. The van der Waals surface area contributed by atoms with Crippen LogP contribution in [-0.2, 0) is 14.8 Å². The molecule has 1 fully saturated rings. The molecule has 1 aliphatic rings. The molecule has 0 bridgehead atoms. The van der Waals surface area contributed by atoms with Crippen LogP contribution in [0.4, 0.5) is 0 Å². The Morgan fingerprint density at radius 3 is 2.41 bits per heavy atom. The van der Waals surface area contributed by atoms with Crippen LogP contribution in [0.3, 0.4) is 0 Å². The number of amides is 2. The molecule has 0 aromatic heterocycles. The summed E-state index contributed by atoms with van der Waals surface area (Å²) in [5, 5.41) is 0. The molecular formula is C23H29N3O5S. The van der Waals surface area contributed by atoms with Crippen molar-refractivity contribution in [2.24, 2.45) is 0 Å². The molecule has 9 heteroatoms. The standard InChI is InChI=1S/C23H29N3O5S/c1-17-10-11-18(2)21(14-17)31-16-22(27)24-25-23(28)19-8-7-9-20(15-19)32(29,30)26-12-5-3-4-6-13-26/h7-11,14-15H,3-6,12-13,16H2,1-2H3,(H,24,27)(H,25,28). The maximum Gasteiger partial charge on any atom is 0.276 e. The number of nitrogens with one attached hydrogen (secondary N) is 2. The molecule has 0 atom stereocenters. The highest BCUT2D eigenvalue weighted by atomic mass is 32.2. The molecule has 0 aliphatic carbocycles. The maximum atomic E-state index is 13.0. The average Bonchev–Trinajstić information content (AvgIpc) is 3.08. The Hall–Kier alpha value is -2.91. The van der Waals surface area contributed by atoms with Gasteiger partial charge in [0.25, 0.3) is 11.8 Å². The van der Waals surface area contributed by atoms with Gasteiger partial charge in [-0.2, -0.15) is 4.31 Å². The first-order valence-corrected chi connectivity index (χ1v) is 12.1. The van der Waals surface area contributed by atoms with Crippen molar-refractivity contribution in [3.8, 4) is 5.75 Å². The van der Waals surface area contributed by atoms with Crippen molar-refractivity contribution in [2.45, 2.75) is 44.4 Å². The number of carbonyl (C=O) groups excluding carboxylic acids is 2. The summed E-state index contributed by atoms with van der Waals surface area (Å²) in [6.07, 6.45) is 3.69. The summed E-state index contributed by atoms with van der Waals surface area (Å²) in [7, 11) is -3.67. The molecule has 32 heavy (non-hydrogen) atoms. The van der Waals surface area contributed by atoms with Gasteiger partial charge < -0.3 is 4.74 Å². The quantitative estimate of drug-likeness (QED) is 0.647. The summed E-state index contributed by atoms with van der Waals surface area (Å²) < 4.78 is 32.9. The van der Waals surface area contributed by atoms with Crippen LogP contribution in [0, 0.1) is 13.8 Å². The van der Waals surface area contributed by atoms with E-state index >= 15 is 0 Å². The van der Waals surface area contributed by atoms with Gasteiger partial charge in [0.15, 0.2) is 6.61 Å². The highest BCUT2D eigenvalue weighted by Crippen LogP contribution is 2.21. The largest absolute Gasteiger partial charge is 0.483 e. The topological polar surface area (TPSA) is 105 Å². The molecule has 0 spiro atoms. The van der Waals surface area contributed by atoms with E-state index in [4.69, 9.17) is 4.74 Å². The molecule has 1 heterocycles. The van der Waals surface area contributed by atoms with Gasteiger partial charge in [0.05, 0.1) is 4.90 Å². The number of hydrogen-bond acceptors (Lipinski definition) is 5. The van der Waals surface area contributed by atoms with Crippen LogP contribution in [0.1, 0.15) is 47.2 Å². The number of aryl methyl sites for hydroxylation is 2. The predicted molar refractivity (Wildman–Crippen MR) is 121 cm³/mol. The van der Waals surface area contributed by atoms with Crippen molar-refractivity contribution in [1.29, 1.82) is 0 Å². The van der Waals surface area contributed by atoms with Crippen molar-refractivity contribution >= 4 is 21.8 Å². The zero-order valence-corrected chi connectivity index (χ0v) is 19.2. The third-order valence-corrected chi connectivity index (χ3v) is 7.21. The highest BCUT2D eigenvalue weighted by molar-refractivity contribution is 7.89. The van der Waals surface area contributed by atoms with E-state index in [1.807, 2.05) is 32.0 Å². The van der Waals surface area contributed by atoms with E-state index in [0.29, 0.717) is 18.8 Å². The second-order valence-corrected chi connectivity index (χ2v) is 9.84. The Morgan fingerprint density at radius 1 is 0.969 bits per heavy atom. The predicted octanol–water partition coefficient (Wildman–Crippen LogP) is 2.71. The third-order valence-electron chi connectivity index (χ3n) is 5.32. The van der Waals surface area contributed by atoms with Crippen LogP contribution in [0.2, 0.25) is 0 Å². The number of nitrogens with zero attached hydrogens (tertiary/aromatic N) is 1. The van der Waals surface area contributed by atoms with Gasteiger partial charge in [-0.3, -0.25) is 20.4 Å². The first kappa shape index (κ1) is 23.7. The molecule has 0 saturated carbocycles. The molecule has 1 saturated heterocycles. The highest BCUT2D eigenvalue weighted by Gasteiger charge is 2.25. The van der Waals surface area contributed by atoms with Crippen LogP contribution < -0.4 is 15.6 Å². The lowest BCUT2D eigenvalue weighted by Gasteiger charge is -2.20. The maximum absolute atomic E-state index is 13.0. The van der Waals surface area contributed by atoms with E-state index in [0.717, 1.165) is 36.8 Å². The molecule has 0 radical (unpaired) electrons. The summed E-state index contributed by atoms with van der Waals surface area (Å²) in [5.74, 6) is -0.552. The van der Waals surface area contributed by atoms with Crippen molar-refractivity contribution in [1.82, 2.24) is 15.2 Å². The first-order valence-electron chi connectivity index (χ1n) is 10.7. The Kier molecular flexibility index (Phi) is 7.87. The molecular weight excluding hydrogens is 430 g/mol. The Balaban J connectivity index is 1.58. The minimum atomic E-state index is -3.67. The summed E-state index contributed by atoms with van der Waals surface area (Å²) >= 11 is 0. The monoisotopic (exact) mass is 459 g/mol. The normalized spacial score (nSPS) is 14.9. The van der Waals surface area contributed by atoms with Gasteiger partial charge in [-0.25, -0.2) is 8.42 Å². The fraction of sp³-hybridized carbons (Fsp3) is 0.391. The third kappa shape index (κ3) is 6.08. The fourth-order valence-electron chi connectivity index (χ4n) is 3.47. The number of hydrazine groups is 1. The summed E-state index contributed by atoms with van der Waals surface area (Å²) in [6, 6.07) is 11.5. The van der Waals surface area contributed by atoms with E-state index < -0.39 is 21.8 Å². The smallest absolute Gasteiger partial charge is 0.276 e. The van der Waals surface area contributed by atoms with Gasteiger partial charge in [-0.15, -0.1) is 0 Å². The van der Waals surface area contributed by atoms with Crippen molar-refractivity contribution in [3.63, 3.8) is 0 Å². The first-order chi connectivity index (χ1) is 15.3. The van der Waals surface area contributed by atoms with Crippen molar-refractivity contribution < 1.29 is 22.7 Å². The van der Waals surface area contributed by atoms with Gasteiger partial charge >= 0.3 is 0 Å². The van der Waals surface area contributed by atoms with Gasteiger partial charge in [0.2, 0.25) is 10.0 Å². The van der Waals surface area contributed by atoms with Crippen molar-refractivity contribution in [3.05, 3.63) is 59.2 Å². The Labute approximate surface area is 189 Å². The molecule has 3 rings (SSSR count). The Bertz CT molecular complexity index is 1080. The molecule has 2 aromatic rings. The zero-order valence-electron chi connectivity index (χ0n) is 18.4. The SMILES string of the molecule is Cc1ccc(C)c(OCC(=O)NNC(=O)c2cccc(S(=O)(=O)N3CCCCCC3)c2)c1. The number of carbonyl (C=O) groups is 2. The van der Waals surface area contributed by atoms with Crippen LogP contribution >= 0.6 is 0 Å². The van der Waals surface area contributed by atoms with E-state index in [1.54, 1.807) is 0 Å². The molecule has 2 aromatic carbocycles. The molecule has 0 unspecified atom stereocenters. The van der Waals surface area contributed by atoms with E-state index in [2.05, 4.69) is 10.9 Å². The minimum absolute atomic E-state index is 0.0663. The van der Waals surface area contributed by atoms with Gasteiger partial charge in [0.1, 0.15) is 5.75 Å². The molecule has 172 valence electrons. The summed E-state index contributed by atoms with van der Waals surface area (Å²) in [4.78, 5) is 24.6. The summed E-state index contributed by atoms with van der Waals surface area (Å²) in [5.41, 5.74) is 6.64. The lowest BCUT2D eigenvalue weighted by atomic mass is 10.1. The van der Waals surface area contributed by atoms with Gasteiger partial charge in [-0.05, 0) is 62.1 Å². The van der Waals surface area contributed by atoms with Crippen LogP contribution in [0.5, 0.6) is 5.75 Å². The Morgan fingerprint density at radius 2 is 1.69 bits per heavy atom. The lowest BCUT2D eigenvalue weighted by Crippen LogP contribution is -2.43. The second-order valence-electron chi connectivity index (χ2n) is 7.91. The number of hydrogen-bond donors (Lipinski definition) is 2. The van der Waals surface area contributed by atoms with Gasteiger partial charge in [0, 0.05) is 18.7 Å². The van der Waals surface area contributed by atoms with Crippen LogP contribution in [-0.4, -0.2) is 44.2 Å². The lowest BCUT2D eigenvalue weighted by molar-refractivity contribution is -0.123. The van der Waals surface area contributed by atoms with E-state index in [9.17, 15) is 18.0 Å². The van der Waals surface area contributed by atoms with E-state index in [-0.39, 0.29) is 17.1 Å². The molecule has 8 nitrogen and oxygen atoms in total. The minimum Gasteiger partial charge on any atom is -0.483 e. The van der Waals surface area contributed by atoms with Crippen molar-refractivity contribution in [2.75, 3.05) is 19.7 Å². The molecule has 1 aliphatic heterocycles. The second kappa shape index (κ2) is 10.6. The number of rotatable bonds is 6. The molecule has 2 amide bonds. The average molecular weight is 460 g/mol. The summed E-state index contributed by atoms with van der Waals surface area (Å²) in [6.45, 7) is 4.49. The number of benzene rings is 2. The van der Waals surface area contributed by atoms with Crippen LogP contribution in [0.15, 0.2) is 47.4 Å². The van der Waals surface area contributed by atoms with Crippen LogP contribution in [0.25, 0.3) is 0 Å². The number of ether oxygens (including phenoxy) is 1. The molecule has 2 N–H and O–H groups in total. The zero-order chi connectivity index (χ0) is 23.1. The number of sulfonamides is 1.